The van der Waals surface area contributed by atoms with Crippen LogP contribution in [0.4, 0.5) is 0 Å². The molecule has 2 rings (SSSR count). The molecule has 0 fully saturated rings. The van der Waals surface area contributed by atoms with Crippen LogP contribution in [-0.2, 0) is 11.3 Å². The SMILES string of the molecule is Cc1cccc(OCCC(=O)N(CCN)Cc2ccccc2)c1. The van der Waals surface area contributed by atoms with Gasteiger partial charge < -0.3 is 15.4 Å². The number of nitrogens with two attached hydrogens (primary N) is 1. The first kappa shape index (κ1) is 17.0. The Morgan fingerprint density at radius 2 is 1.91 bits per heavy atom. The van der Waals surface area contributed by atoms with Crippen molar-refractivity contribution in [3.63, 3.8) is 0 Å². The average molecular weight is 312 g/mol. The van der Waals surface area contributed by atoms with Crippen LogP contribution in [0.2, 0.25) is 0 Å². The van der Waals surface area contributed by atoms with Crippen LogP contribution in [0.25, 0.3) is 0 Å². The topological polar surface area (TPSA) is 55.6 Å². The maximum Gasteiger partial charge on any atom is 0.226 e. The van der Waals surface area contributed by atoms with Crippen molar-refractivity contribution in [1.82, 2.24) is 4.90 Å². The van der Waals surface area contributed by atoms with Gasteiger partial charge in [0.05, 0.1) is 13.0 Å². The summed E-state index contributed by atoms with van der Waals surface area (Å²) in [7, 11) is 0. The summed E-state index contributed by atoms with van der Waals surface area (Å²) in [6.45, 7) is 3.98. The Morgan fingerprint density at radius 1 is 1.13 bits per heavy atom. The van der Waals surface area contributed by atoms with E-state index in [0.29, 0.717) is 32.7 Å². The van der Waals surface area contributed by atoms with Crippen LogP contribution in [0.5, 0.6) is 5.75 Å². The third-order valence-electron chi connectivity index (χ3n) is 3.54. The smallest absolute Gasteiger partial charge is 0.226 e. The summed E-state index contributed by atoms with van der Waals surface area (Å²) in [5, 5.41) is 0. The van der Waals surface area contributed by atoms with Gasteiger partial charge in [0.15, 0.2) is 0 Å². The van der Waals surface area contributed by atoms with Crippen molar-refractivity contribution in [3.8, 4) is 5.75 Å². The van der Waals surface area contributed by atoms with Crippen molar-refractivity contribution in [2.24, 2.45) is 5.73 Å². The predicted octanol–water partition coefficient (Wildman–Crippen LogP) is 2.75. The number of carbonyl (C=O) groups excluding carboxylic acids is 1. The largest absolute Gasteiger partial charge is 0.493 e. The molecule has 0 bridgehead atoms. The molecule has 0 spiro atoms. The standard InChI is InChI=1S/C19H24N2O2/c1-16-6-5-9-18(14-16)23-13-10-19(22)21(12-11-20)15-17-7-3-2-4-8-17/h2-9,14H,10-13,15,20H2,1H3. The van der Waals surface area contributed by atoms with E-state index in [-0.39, 0.29) is 5.91 Å². The Balaban J connectivity index is 1.85. The fourth-order valence-corrected chi connectivity index (χ4v) is 2.37. The molecule has 1 amide bonds. The van der Waals surface area contributed by atoms with Gasteiger partial charge in [-0.3, -0.25) is 4.79 Å². The van der Waals surface area contributed by atoms with E-state index in [1.165, 1.54) is 0 Å². The number of aryl methyl sites for hydroxylation is 1. The highest BCUT2D eigenvalue weighted by molar-refractivity contribution is 5.76. The molecule has 2 N–H and O–H groups in total. The molecule has 0 saturated carbocycles. The monoisotopic (exact) mass is 312 g/mol. The molecular weight excluding hydrogens is 288 g/mol. The lowest BCUT2D eigenvalue weighted by molar-refractivity contribution is -0.132. The van der Waals surface area contributed by atoms with Crippen molar-refractivity contribution in [2.75, 3.05) is 19.7 Å². The van der Waals surface area contributed by atoms with E-state index in [0.717, 1.165) is 16.9 Å². The lowest BCUT2D eigenvalue weighted by Gasteiger charge is -2.22. The number of rotatable bonds is 8. The van der Waals surface area contributed by atoms with E-state index < -0.39 is 0 Å². The molecule has 0 aliphatic heterocycles. The lowest BCUT2D eigenvalue weighted by atomic mass is 10.2. The molecule has 122 valence electrons. The number of carbonyl (C=O) groups is 1. The first-order valence-corrected chi connectivity index (χ1v) is 7.90. The minimum atomic E-state index is 0.0620. The summed E-state index contributed by atoms with van der Waals surface area (Å²) in [6.07, 6.45) is 0.348. The summed E-state index contributed by atoms with van der Waals surface area (Å²) in [5.41, 5.74) is 7.88. The van der Waals surface area contributed by atoms with Gasteiger partial charge in [-0.1, -0.05) is 42.5 Å². The van der Waals surface area contributed by atoms with Crippen molar-refractivity contribution in [3.05, 3.63) is 65.7 Å². The highest BCUT2D eigenvalue weighted by Crippen LogP contribution is 2.13. The summed E-state index contributed by atoms with van der Waals surface area (Å²) in [5.74, 6) is 0.859. The molecule has 2 aromatic carbocycles. The third-order valence-corrected chi connectivity index (χ3v) is 3.54. The van der Waals surface area contributed by atoms with Crippen molar-refractivity contribution < 1.29 is 9.53 Å². The molecule has 0 saturated heterocycles. The van der Waals surface area contributed by atoms with E-state index in [2.05, 4.69) is 0 Å². The van der Waals surface area contributed by atoms with E-state index in [4.69, 9.17) is 10.5 Å². The maximum absolute atomic E-state index is 12.4. The molecule has 2 aromatic rings. The fraction of sp³-hybridized carbons (Fsp3) is 0.316. The Hall–Kier alpha value is -2.33. The summed E-state index contributed by atoms with van der Waals surface area (Å²) in [4.78, 5) is 14.2. The van der Waals surface area contributed by atoms with E-state index >= 15 is 0 Å². The van der Waals surface area contributed by atoms with Gasteiger partial charge in [-0.05, 0) is 30.2 Å². The van der Waals surface area contributed by atoms with Gasteiger partial charge in [-0.2, -0.15) is 0 Å². The van der Waals surface area contributed by atoms with Gasteiger partial charge in [-0.15, -0.1) is 0 Å². The molecule has 0 aromatic heterocycles. The van der Waals surface area contributed by atoms with Gasteiger partial charge >= 0.3 is 0 Å². The van der Waals surface area contributed by atoms with Crippen LogP contribution < -0.4 is 10.5 Å². The molecular formula is C19H24N2O2. The van der Waals surface area contributed by atoms with Gasteiger partial charge in [0, 0.05) is 19.6 Å². The zero-order chi connectivity index (χ0) is 16.5. The summed E-state index contributed by atoms with van der Waals surface area (Å²) in [6, 6.07) is 17.8. The Bertz CT molecular complexity index is 614. The minimum absolute atomic E-state index is 0.0620. The zero-order valence-electron chi connectivity index (χ0n) is 13.6. The number of hydrogen-bond donors (Lipinski definition) is 1. The summed E-state index contributed by atoms with van der Waals surface area (Å²) < 4.78 is 5.66. The molecule has 23 heavy (non-hydrogen) atoms. The van der Waals surface area contributed by atoms with Crippen LogP contribution in [-0.4, -0.2) is 30.5 Å². The average Bonchev–Trinajstić information content (AvgIpc) is 2.55. The Labute approximate surface area is 137 Å². The van der Waals surface area contributed by atoms with Crippen molar-refractivity contribution in [1.29, 1.82) is 0 Å². The predicted molar refractivity (Wildman–Crippen MR) is 92.2 cm³/mol. The summed E-state index contributed by atoms with van der Waals surface area (Å²) >= 11 is 0. The van der Waals surface area contributed by atoms with Gasteiger partial charge in [0.1, 0.15) is 5.75 Å². The van der Waals surface area contributed by atoms with E-state index in [9.17, 15) is 4.79 Å². The van der Waals surface area contributed by atoms with Crippen molar-refractivity contribution in [2.45, 2.75) is 19.9 Å². The fourth-order valence-electron chi connectivity index (χ4n) is 2.37. The third kappa shape index (κ3) is 5.75. The molecule has 0 aliphatic carbocycles. The molecule has 0 unspecified atom stereocenters. The van der Waals surface area contributed by atoms with Crippen LogP contribution in [0.3, 0.4) is 0 Å². The quantitative estimate of drug-likeness (QED) is 0.815. The van der Waals surface area contributed by atoms with E-state index in [1.54, 1.807) is 4.90 Å². The highest BCUT2D eigenvalue weighted by atomic mass is 16.5. The van der Waals surface area contributed by atoms with Gasteiger partial charge in [-0.25, -0.2) is 0 Å². The second-order valence-electron chi connectivity index (χ2n) is 5.50. The molecule has 4 nitrogen and oxygen atoms in total. The maximum atomic E-state index is 12.4. The number of amides is 1. The number of nitrogens with zero attached hydrogens (tertiary/aromatic N) is 1. The van der Waals surface area contributed by atoms with Gasteiger partial charge in [0.25, 0.3) is 0 Å². The zero-order valence-corrected chi connectivity index (χ0v) is 13.6. The van der Waals surface area contributed by atoms with Crippen molar-refractivity contribution >= 4 is 5.91 Å². The van der Waals surface area contributed by atoms with Crippen LogP contribution in [0.1, 0.15) is 17.5 Å². The normalized spacial score (nSPS) is 10.3. The number of hydrogen-bond acceptors (Lipinski definition) is 3. The van der Waals surface area contributed by atoms with Crippen LogP contribution in [0, 0.1) is 6.92 Å². The van der Waals surface area contributed by atoms with Crippen LogP contribution >= 0.6 is 0 Å². The highest BCUT2D eigenvalue weighted by Gasteiger charge is 2.13. The minimum Gasteiger partial charge on any atom is -0.493 e. The molecule has 0 atom stereocenters. The van der Waals surface area contributed by atoms with Crippen LogP contribution in [0.15, 0.2) is 54.6 Å². The second-order valence-corrected chi connectivity index (χ2v) is 5.50. The Kier molecular flexibility index (Phi) is 6.63. The number of benzene rings is 2. The number of ether oxygens (including phenoxy) is 1. The second kappa shape index (κ2) is 8.96. The van der Waals surface area contributed by atoms with E-state index in [1.807, 2.05) is 61.5 Å². The molecule has 4 heteroatoms. The molecule has 0 radical (unpaired) electrons. The first-order chi connectivity index (χ1) is 11.2. The first-order valence-electron chi connectivity index (χ1n) is 7.90. The lowest BCUT2D eigenvalue weighted by Crippen LogP contribution is -2.35. The molecule has 0 aliphatic rings. The molecule has 0 heterocycles. The van der Waals surface area contributed by atoms with Gasteiger partial charge in [0.2, 0.25) is 5.91 Å². The Morgan fingerprint density at radius 3 is 2.61 bits per heavy atom.